The van der Waals surface area contributed by atoms with Gasteiger partial charge < -0.3 is 4.90 Å². The standard InChI is InChI=1S/C14H16BrNO2/c1-2-10-9-16(8-7-13(10)17)14(18)11-3-5-12(15)6-4-11/h3-6,10H,2,7-9H2,1H3. The van der Waals surface area contributed by atoms with Crippen molar-refractivity contribution in [1.82, 2.24) is 4.90 Å². The maximum absolute atomic E-state index is 12.3. The molecule has 1 heterocycles. The summed E-state index contributed by atoms with van der Waals surface area (Å²) >= 11 is 3.35. The Kier molecular flexibility index (Phi) is 4.17. The second kappa shape index (κ2) is 5.65. The van der Waals surface area contributed by atoms with Gasteiger partial charge >= 0.3 is 0 Å². The van der Waals surface area contributed by atoms with Gasteiger partial charge in [0.1, 0.15) is 5.78 Å². The number of carbonyl (C=O) groups excluding carboxylic acids is 2. The fourth-order valence-corrected chi connectivity index (χ4v) is 2.49. The minimum atomic E-state index is 0.0122. The summed E-state index contributed by atoms with van der Waals surface area (Å²) < 4.78 is 0.958. The molecular formula is C14H16BrNO2. The molecule has 1 aliphatic heterocycles. The molecule has 0 bridgehead atoms. The van der Waals surface area contributed by atoms with Crippen LogP contribution in [0.1, 0.15) is 30.1 Å². The first-order valence-electron chi connectivity index (χ1n) is 6.19. The van der Waals surface area contributed by atoms with Crippen LogP contribution in [0.5, 0.6) is 0 Å². The van der Waals surface area contributed by atoms with Gasteiger partial charge in [0.05, 0.1) is 0 Å². The predicted octanol–water partition coefficient (Wildman–Crippen LogP) is 2.89. The molecule has 1 aliphatic rings. The molecule has 0 saturated carbocycles. The topological polar surface area (TPSA) is 37.4 Å². The van der Waals surface area contributed by atoms with E-state index in [1.807, 2.05) is 31.2 Å². The monoisotopic (exact) mass is 309 g/mol. The second-order valence-electron chi connectivity index (χ2n) is 4.58. The van der Waals surface area contributed by atoms with E-state index >= 15 is 0 Å². The molecule has 3 nitrogen and oxygen atoms in total. The molecule has 18 heavy (non-hydrogen) atoms. The molecule has 0 aliphatic carbocycles. The molecule has 1 amide bonds. The van der Waals surface area contributed by atoms with Gasteiger partial charge in [-0.15, -0.1) is 0 Å². The molecule has 1 aromatic carbocycles. The Morgan fingerprint density at radius 1 is 1.39 bits per heavy atom. The number of hydrogen-bond acceptors (Lipinski definition) is 2. The third-order valence-corrected chi connectivity index (χ3v) is 3.92. The fourth-order valence-electron chi connectivity index (χ4n) is 2.22. The number of rotatable bonds is 2. The van der Waals surface area contributed by atoms with Crippen molar-refractivity contribution in [2.24, 2.45) is 5.92 Å². The van der Waals surface area contributed by atoms with Crippen LogP contribution < -0.4 is 0 Å². The molecule has 1 unspecified atom stereocenters. The highest BCUT2D eigenvalue weighted by Gasteiger charge is 2.28. The summed E-state index contributed by atoms with van der Waals surface area (Å²) in [5, 5.41) is 0. The molecule has 0 radical (unpaired) electrons. The summed E-state index contributed by atoms with van der Waals surface area (Å²) in [6, 6.07) is 7.34. The van der Waals surface area contributed by atoms with E-state index in [2.05, 4.69) is 15.9 Å². The summed E-state index contributed by atoms with van der Waals surface area (Å²) in [6.07, 6.45) is 1.30. The number of carbonyl (C=O) groups is 2. The number of likely N-dealkylation sites (tertiary alicyclic amines) is 1. The van der Waals surface area contributed by atoms with Gasteiger partial charge in [0, 0.05) is 35.5 Å². The number of halogens is 1. The van der Waals surface area contributed by atoms with Crippen LogP contribution >= 0.6 is 15.9 Å². The first-order chi connectivity index (χ1) is 8.61. The Morgan fingerprint density at radius 3 is 2.67 bits per heavy atom. The summed E-state index contributed by atoms with van der Waals surface area (Å²) in [5.74, 6) is 0.323. The zero-order chi connectivity index (χ0) is 13.1. The van der Waals surface area contributed by atoms with Crippen LogP contribution in [0.15, 0.2) is 28.7 Å². The van der Waals surface area contributed by atoms with Crippen LogP contribution in [-0.2, 0) is 4.79 Å². The van der Waals surface area contributed by atoms with Crippen molar-refractivity contribution >= 4 is 27.6 Å². The van der Waals surface area contributed by atoms with Crippen LogP contribution in [-0.4, -0.2) is 29.7 Å². The smallest absolute Gasteiger partial charge is 0.253 e. The van der Waals surface area contributed by atoms with E-state index in [-0.39, 0.29) is 17.6 Å². The lowest BCUT2D eigenvalue weighted by molar-refractivity contribution is -0.125. The molecule has 0 aromatic heterocycles. The summed E-state index contributed by atoms with van der Waals surface area (Å²) in [4.78, 5) is 25.7. The zero-order valence-electron chi connectivity index (χ0n) is 10.4. The quantitative estimate of drug-likeness (QED) is 0.842. The Bertz CT molecular complexity index is 455. The van der Waals surface area contributed by atoms with Crippen LogP contribution in [0, 0.1) is 5.92 Å². The number of hydrogen-bond donors (Lipinski definition) is 0. The first-order valence-corrected chi connectivity index (χ1v) is 6.98. The van der Waals surface area contributed by atoms with Crippen molar-refractivity contribution in [2.75, 3.05) is 13.1 Å². The Morgan fingerprint density at radius 2 is 2.06 bits per heavy atom. The summed E-state index contributed by atoms with van der Waals surface area (Å²) in [6.45, 7) is 3.10. The molecular weight excluding hydrogens is 294 g/mol. The van der Waals surface area contributed by atoms with Crippen molar-refractivity contribution in [1.29, 1.82) is 0 Å². The van der Waals surface area contributed by atoms with E-state index in [1.54, 1.807) is 4.90 Å². The number of ketones is 1. The molecule has 1 aromatic rings. The molecule has 2 rings (SSSR count). The maximum Gasteiger partial charge on any atom is 0.253 e. The lowest BCUT2D eigenvalue weighted by atomic mass is 9.93. The van der Waals surface area contributed by atoms with E-state index in [0.29, 0.717) is 25.1 Å². The van der Waals surface area contributed by atoms with E-state index in [0.717, 1.165) is 10.9 Å². The van der Waals surface area contributed by atoms with E-state index in [1.165, 1.54) is 0 Å². The Balaban J connectivity index is 2.10. The van der Waals surface area contributed by atoms with E-state index < -0.39 is 0 Å². The molecule has 0 spiro atoms. The Hall–Kier alpha value is -1.16. The minimum absolute atomic E-state index is 0.0122. The van der Waals surface area contributed by atoms with Crippen LogP contribution in [0.4, 0.5) is 0 Å². The zero-order valence-corrected chi connectivity index (χ0v) is 11.9. The third kappa shape index (κ3) is 2.80. The number of amides is 1. The van der Waals surface area contributed by atoms with Gasteiger partial charge in [-0.05, 0) is 30.7 Å². The largest absolute Gasteiger partial charge is 0.337 e. The van der Waals surface area contributed by atoms with Gasteiger partial charge in [-0.25, -0.2) is 0 Å². The Labute approximate surface area is 115 Å². The van der Waals surface area contributed by atoms with Gasteiger partial charge in [0.2, 0.25) is 0 Å². The van der Waals surface area contributed by atoms with Gasteiger partial charge in [0.15, 0.2) is 0 Å². The predicted molar refractivity (Wildman–Crippen MR) is 73.5 cm³/mol. The number of piperidine rings is 1. The van der Waals surface area contributed by atoms with Crippen molar-refractivity contribution < 1.29 is 9.59 Å². The van der Waals surface area contributed by atoms with Gasteiger partial charge in [0.25, 0.3) is 5.91 Å². The number of benzene rings is 1. The highest BCUT2D eigenvalue weighted by atomic mass is 79.9. The number of Topliss-reactive ketones (excluding diaryl/α,β-unsaturated/α-hetero) is 1. The van der Waals surface area contributed by atoms with Crippen molar-refractivity contribution in [3.63, 3.8) is 0 Å². The number of nitrogens with zero attached hydrogens (tertiary/aromatic N) is 1. The summed E-state index contributed by atoms with van der Waals surface area (Å²) in [5.41, 5.74) is 0.683. The average molecular weight is 310 g/mol. The maximum atomic E-state index is 12.3. The third-order valence-electron chi connectivity index (χ3n) is 3.40. The lowest BCUT2D eigenvalue weighted by Crippen LogP contribution is -2.43. The lowest BCUT2D eigenvalue weighted by Gasteiger charge is -2.31. The van der Waals surface area contributed by atoms with Crippen molar-refractivity contribution in [2.45, 2.75) is 19.8 Å². The van der Waals surface area contributed by atoms with Crippen LogP contribution in [0.25, 0.3) is 0 Å². The molecule has 4 heteroatoms. The summed E-state index contributed by atoms with van der Waals surface area (Å²) in [7, 11) is 0. The minimum Gasteiger partial charge on any atom is -0.337 e. The van der Waals surface area contributed by atoms with E-state index in [4.69, 9.17) is 0 Å². The van der Waals surface area contributed by atoms with Crippen LogP contribution in [0.3, 0.4) is 0 Å². The fraction of sp³-hybridized carbons (Fsp3) is 0.429. The second-order valence-corrected chi connectivity index (χ2v) is 5.50. The first kappa shape index (κ1) is 13.3. The molecule has 1 atom stereocenters. The highest BCUT2D eigenvalue weighted by Crippen LogP contribution is 2.19. The normalized spacial score (nSPS) is 20.0. The molecule has 1 fully saturated rings. The van der Waals surface area contributed by atoms with Gasteiger partial charge in [-0.3, -0.25) is 9.59 Å². The van der Waals surface area contributed by atoms with Crippen molar-refractivity contribution in [3.8, 4) is 0 Å². The van der Waals surface area contributed by atoms with Gasteiger partial charge in [-0.1, -0.05) is 22.9 Å². The average Bonchev–Trinajstić information content (AvgIpc) is 2.39. The van der Waals surface area contributed by atoms with Gasteiger partial charge in [-0.2, -0.15) is 0 Å². The SMILES string of the molecule is CCC1CN(C(=O)c2ccc(Br)cc2)CCC1=O. The van der Waals surface area contributed by atoms with E-state index in [9.17, 15) is 9.59 Å². The van der Waals surface area contributed by atoms with Crippen molar-refractivity contribution in [3.05, 3.63) is 34.3 Å². The molecule has 1 saturated heterocycles. The van der Waals surface area contributed by atoms with Crippen LogP contribution in [0.2, 0.25) is 0 Å². The molecule has 96 valence electrons. The highest BCUT2D eigenvalue weighted by molar-refractivity contribution is 9.10. The molecule has 0 N–H and O–H groups in total.